The van der Waals surface area contributed by atoms with Crippen LogP contribution in [0.1, 0.15) is 39.5 Å². The number of nitrogens with zero attached hydrogens (tertiary/aromatic N) is 2. The first kappa shape index (κ1) is 15.9. The third kappa shape index (κ3) is 3.66. The largest absolute Gasteiger partial charge is 0.320 e. The van der Waals surface area contributed by atoms with Gasteiger partial charge in [0, 0.05) is 25.7 Å². The topological polar surface area (TPSA) is 52.7 Å². The van der Waals surface area contributed by atoms with E-state index in [1.54, 1.807) is 11.4 Å². The van der Waals surface area contributed by atoms with Crippen molar-refractivity contribution in [2.45, 2.75) is 51.6 Å². The molecule has 1 rings (SSSR count). The molecule has 0 amide bonds. The van der Waals surface area contributed by atoms with E-state index in [0.29, 0.717) is 6.54 Å². The first-order valence-corrected chi connectivity index (χ1v) is 8.20. The van der Waals surface area contributed by atoms with Gasteiger partial charge in [0.2, 0.25) is 0 Å². The van der Waals surface area contributed by atoms with Crippen molar-refractivity contribution >= 4 is 10.2 Å². The van der Waals surface area contributed by atoms with E-state index in [0.717, 1.165) is 32.2 Å². The molecule has 108 valence electrons. The van der Waals surface area contributed by atoms with Crippen LogP contribution in [-0.4, -0.2) is 56.3 Å². The summed E-state index contributed by atoms with van der Waals surface area (Å²) in [4.78, 5) is 0. The molecule has 6 heteroatoms. The molecule has 1 aliphatic rings. The van der Waals surface area contributed by atoms with Crippen LogP contribution in [0.5, 0.6) is 0 Å². The number of hydrogen-bond acceptors (Lipinski definition) is 3. The molecule has 1 heterocycles. The van der Waals surface area contributed by atoms with Crippen molar-refractivity contribution in [2.75, 3.05) is 27.2 Å². The van der Waals surface area contributed by atoms with Crippen LogP contribution in [0, 0.1) is 0 Å². The summed E-state index contributed by atoms with van der Waals surface area (Å²) >= 11 is 0. The Morgan fingerprint density at radius 1 is 1.28 bits per heavy atom. The number of nitrogens with one attached hydrogen (secondary N) is 1. The quantitative estimate of drug-likeness (QED) is 0.738. The molecule has 0 unspecified atom stereocenters. The average Bonchev–Trinajstić information content (AvgIpc) is 2.28. The Morgan fingerprint density at radius 3 is 2.33 bits per heavy atom. The van der Waals surface area contributed by atoms with Crippen LogP contribution in [0.4, 0.5) is 0 Å². The zero-order valence-electron chi connectivity index (χ0n) is 12.0. The second-order valence-electron chi connectivity index (χ2n) is 5.25. The van der Waals surface area contributed by atoms with Gasteiger partial charge < -0.3 is 5.32 Å². The highest BCUT2D eigenvalue weighted by molar-refractivity contribution is 7.86. The van der Waals surface area contributed by atoms with E-state index < -0.39 is 10.2 Å². The van der Waals surface area contributed by atoms with Gasteiger partial charge in [0.15, 0.2) is 0 Å². The lowest BCUT2D eigenvalue weighted by atomic mass is 10.0. The van der Waals surface area contributed by atoms with E-state index in [9.17, 15) is 8.42 Å². The molecule has 0 aliphatic carbocycles. The predicted molar refractivity (Wildman–Crippen MR) is 74.7 cm³/mol. The third-order valence-electron chi connectivity index (χ3n) is 3.67. The van der Waals surface area contributed by atoms with Crippen LogP contribution < -0.4 is 5.32 Å². The fourth-order valence-electron chi connectivity index (χ4n) is 2.61. The van der Waals surface area contributed by atoms with E-state index in [2.05, 4.69) is 5.32 Å². The maximum absolute atomic E-state index is 12.5. The summed E-state index contributed by atoms with van der Waals surface area (Å²) in [5.74, 6) is 0. The van der Waals surface area contributed by atoms with Crippen LogP contribution in [0.2, 0.25) is 0 Å². The van der Waals surface area contributed by atoms with Gasteiger partial charge in [-0.15, -0.1) is 0 Å². The number of hydrogen-bond donors (Lipinski definition) is 1. The van der Waals surface area contributed by atoms with Gasteiger partial charge >= 0.3 is 0 Å². The van der Waals surface area contributed by atoms with Crippen molar-refractivity contribution in [3.05, 3.63) is 0 Å². The van der Waals surface area contributed by atoms with Crippen LogP contribution in [0.25, 0.3) is 0 Å². The Hall–Kier alpha value is -0.170. The summed E-state index contributed by atoms with van der Waals surface area (Å²) in [6.45, 7) is 5.42. The van der Waals surface area contributed by atoms with Gasteiger partial charge in [-0.3, -0.25) is 0 Å². The molecule has 0 spiro atoms. The zero-order valence-corrected chi connectivity index (χ0v) is 12.8. The van der Waals surface area contributed by atoms with Crippen molar-refractivity contribution in [1.29, 1.82) is 0 Å². The van der Waals surface area contributed by atoms with Gasteiger partial charge in [-0.25, -0.2) is 0 Å². The van der Waals surface area contributed by atoms with E-state index in [-0.39, 0.29) is 12.1 Å². The van der Waals surface area contributed by atoms with E-state index in [4.69, 9.17) is 0 Å². The van der Waals surface area contributed by atoms with Crippen molar-refractivity contribution in [2.24, 2.45) is 0 Å². The summed E-state index contributed by atoms with van der Waals surface area (Å²) < 4.78 is 28.2. The lowest BCUT2D eigenvalue weighted by Gasteiger charge is -2.39. The second-order valence-corrected chi connectivity index (χ2v) is 7.19. The third-order valence-corrected chi connectivity index (χ3v) is 5.90. The maximum Gasteiger partial charge on any atom is 0.282 e. The molecule has 1 fully saturated rings. The molecule has 0 radical (unpaired) electrons. The molecule has 1 saturated heterocycles. The molecule has 2 atom stereocenters. The molecule has 0 saturated carbocycles. The Morgan fingerprint density at radius 2 is 1.83 bits per heavy atom. The van der Waals surface area contributed by atoms with E-state index >= 15 is 0 Å². The molecule has 0 bridgehead atoms. The number of rotatable bonds is 6. The smallest absolute Gasteiger partial charge is 0.282 e. The first-order chi connectivity index (χ1) is 8.41. The van der Waals surface area contributed by atoms with Gasteiger partial charge in [-0.2, -0.15) is 17.0 Å². The minimum atomic E-state index is -3.30. The van der Waals surface area contributed by atoms with Crippen LogP contribution in [0.15, 0.2) is 0 Å². The van der Waals surface area contributed by atoms with Gasteiger partial charge in [0.1, 0.15) is 0 Å². The predicted octanol–water partition coefficient (Wildman–Crippen LogP) is 1.04. The zero-order chi connectivity index (χ0) is 13.8. The lowest BCUT2D eigenvalue weighted by molar-refractivity contribution is 0.191. The van der Waals surface area contributed by atoms with E-state index in [1.807, 2.05) is 20.9 Å². The SMILES string of the molecule is CNCCCN(C)S(=O)(=O)N1[C@H](C)CCC[C@@H]1C. The highest BCUT2D eigenvalue weighted by Crippen LogP contribution is 2.26. The highest BCUT2D eigenvalue weighted by atomic mass is 32.2. The van der Waals surface area contributed by atoms with Crippen molar-refractivity contribution < 1.29 is 8.42 Å². The second kappa shape index (κ2) is 6.84. The summed E-state index contributed by atoms with van der Waals surface area (Å²) in [6, 6.07) is 0.232. The molecular formula is C12H27N3O2S. The van der Waals surface area contributed by atoms with Gasteiger partial charge in [-0.05, 0) is 46.7 Å². The monoisotopic (exact) mass is 277 g/mol. The summed E-state index contributed by atoms with van der Waals surface area (Å²) in [5.41, 5.74) is 0. The van der Waals surface area contributed by atoms with Gasteiger partial charge in [0.05, 0.1) is 0 Å². The molecule has 0 aromatic carbocycles. The van der Waals surface area contributed by atoms with Crippen molar-refractivity contribution in [3.63, 3.8) is 0 Å². The first-order valence-electron chi connectivity index (χ1n) is 6.80. The Kier molecular flexibility index (Phi) is 6.04. The highest BCUT2D eigenvalue weighted by Gasteiger charge is 2.36. The minimum Gasteiger partial charge on any atom is -0.320 e. The normalized spacial score (nSPS) is 26.7. The van der Waals surface area contributed by atoms with Crippen LogP contribution in [0.3, 0.4) is 0 Å². The molecule has 1 aliphatic heterocycles. The molecular weight excluding hydrogens is 250 g/mol. The summed E-state index contributed by atoms with van der Waals surface area (Å²) in [6.07, 6.45) is 3.89. The maximum atomic E-state index is 12.5. The van der Waals surface area contributed by atoms with Crippen LogP contribution >= 0.6 is 0 Å². The minimum absolute atomic E-state index is 0.116. The fraction of sp³-hybridized carbons (Fsp3) is 1.00. The number of piperidine rings is 1. The average molecular weight is 277 g/mol. The summed E-state index contributed by atoms with van der Waals surface area (Å²) in [5, 5.41) is 3.04. The standard InChI is InChI=1S/C12H27N3O2S/c1-11-7-5-8-12(2)15(11)18(16,17)14(4)10-6-9-13-3/h11-13H,5-10H2,1-4H3/t11-,12+. The van der Waals surface area contributed by atoms with Crippen molar-refractivity contribution in [3.8, 4) is 0 Å². The van der Waals surface area contributed by atoms with Gasteiger partial charge in [0.25, 0.3) is 10.2 Å². The van der Waals surface area contributed by atoms with Gasteiger partial charge in [-0.1, -0.05) is 6.42 Å². The molecule has 5 nitrogen and oxygen atoms in total. The summed E-state index contributed by atoms with van der Waals surface area (Å²) in [7, 11) is 0.256. The van der Waals surface area contributed by atoms with Crippen molar-refractivity contribution in [1.82, 2.24) is 13.9 Å². The molecule has 0 aromatic rings. The Bertz CT molecular complexity index is 335. The molecule has 1 N–H and O–H groups in total. The molecule has 18 heavy (non-hydrogen) atoms. The lowest BCUT2D eigenvalue weighted by Crippen LogP contribution is -2.52. The van der Waals surface area contributed by atoms with E-state index in [1.165, 1.54) is 4.31 Å². The fourth-order valence-corrected chi connectivity index (χ4v) is 4.41. The Balaban J connectivity index is 2.71. The molecule has 0 aromatic heterocycles. The Labute approximate surface area is 112 Å². The van der Waals surface area contributed by atoms with Crippen LogP contribution in [-0.2, 0) is 10.2 Å².